The van der Waals surface area contributed by atoms with Gasteiger partial charge in [-0.05, 0) is 31.0 Å². The summed E-state index contributed by atoms with van der Waals surface area (Å²) < 4.78 is 37.5. The molecule has 1 aliphatic rings. The van der Waals surface area contributed by atoms with Crippen LogP contribution in [0.4, 0.5) is 18.9 Å². The molecule has 1 aromatic carbocycles. The highest BCUT2D eigenvalue weighted by molar-refractivity contribution is 6.42. The van der Waals surface area contributed by atoms with Crippen molar-refractivity contribution in [2.24, 2.45) is 0 Å². The molecule has 0 aromatic heterocycles. The predicted molar refractivity (Wildman–Crippen MR) is 75.9 cm³/mol. The molecule has 1 saturated heterocycles. The normalized spacial score (nSPS) is 18.4. The second kappa shape index (κ2) is 6.34. The molecule has 4 nitrogen and oxygen atoms in total. The van der Waals surface area contributed by atoms with Crippen LogP contribution in [-0.4, -0.2) is 35.5 Å². The molecule has 0 saturated carbocycles. The van der Waals surface area contributed by atoms with E-state index >= 15 is 0 Å². The van der Waals surface area contributed by atoms with Crippen LogP contribution in [0.3, 0.4) is 0 Å². The van der Waals surface area contributed by atoms with Crippen LogP contribution in [0.1, 0.15) is 12.8 Å². The molecule has 1 heterocycles. The third-order valence-corrected chi connectivity index (χ3v) is 3.98. The second-order valence-electron chi connectivity index (χ2n) is 4.77. The summed E-state index contributed by atoms with van der Waals surface area (Å²) in [6.07, 6.45) is -4.48. The Labute approximate surface area is 134 Å². The third kappa shape index (κ3) is 3.64. The van der Waals surface area contributed by atoms with E-state index in [1.165, 1.54) is 18.2 Å². The largest absolute Gasteiger partial charge is 0.471 e. The Kier molecular flexibility index (Phi) is 4.87. The van der Waals surface area contributed by atoms with Crippen LogP contribution < -0.4 is 5.32 Å². The van der Waals surface area contributed by atoms with Crippen molar-refractivity contribution in [3.8, 4) is 0 Å². The number of hydrogen-bond donors (Lipinski definition) is 1. The molecule has 0 spiro atoms. The van der Waals surface area contributed by atoms with Crippen molar-refractivity contribution < 1.29 is 22.8 Å². The standard InChI is InChI=1S/C13H11Cl2F3N2O2/c14-8-4-3-7(6-9(8)15)19-11(21)10-2-1-5-20(10)12(22)13(16,17)18/h3-4,6,10H,1-2,5H2,(H,19,21). The molecule has 1 unspecified atom stereocenters. The first-order valence-electron chi connectivity index (χ1n) is 6.34. The first-order valence-corrected chi connectivity index (χ1v) is 7.09. The van der Waals surface area contributed by atoms with Gasteiger partial charge in [-0.2, -0.15) is 13.2 Å². The molecular formula is C13H11Cl2F3N2O2. The van der Waals surface area contributed by atoms with Gasteiger partial charge in [0.2, 0.25) is 5.91 Å². The first-order chi connectivity index (χ1) is 10.2. The van der Waals surface area contributed by atoms with Crippen LogP contribution in [0.5, 0.6) is 0 Å². The van der Waals surface area contributed by atoms with Crippen molar-refractivity contribution in [3.05, 3.63) is 28.2 Å². The topological polar surface area (TPSA) is 49.4 Å². The Bertz CT molecular complexity index is 607. The number of nitrogens with one attached hydrogen (secondary N) is 1. The summed E-state index contributed by atoms with van der Waals surface area (Å²) >= 11 is 11.5. The molecule has 1 aliphatic heterocycles. The van der Waals surface area contributed by atoms with E-state index in [-0.39, 0.29) is 23.0 Å². The number of nitrogens with zero attached hydrogens (tertiary/aromatic N) is 1. The van der Waals surface area contributed by atoms with E-state index in [1.54, 1.807) is 0 Å². The Morgan fingerprint density at radius 2 is 1.91 bits per heavy atom. The predicted octanol–water partition coefficient (Wildman–Crippen LogP) is 3.49. The fraction of sp³-hybridized carbons (Fsp3) is 0.385. The number of benzene rings is 1. The highest BCUT2D eigenvalue weighted by Crippen LogP contribution is 2.28. The lowest BCUT2D eigenvalue weighted by atomic mass is 10.2. The Morgan fingerprint density at radius 3 is 2.50 bits per heavy atom. The first kappa shape index (κ1) is 16.9. The van der Waals surface area contributed by atoms with Crippen molar-refractivity contribution in [1.29, 1.82) is 0 Å². The molecule has 1 fully saturated rings. The Balaban J connectivity index is 2.11. The van der Waals surface area contributed by atoms with E-state index in [0.29, 0.717) is 17.0 Å². The van der Waals surface area contributed by atoms with Crippen LogP contribution >= 0.6 is 23.2 Å². The fourth-order valence-electron chi connectivity index (χ4n) is 2.24. The van der Waals surface area contributed by atoms with E-state index < -0.39 is 24.0 Å². The molecule has 22 heavy (non-hydrogen) atoms. The van der Waals surface area contributed by atoms with Crippen LogP contribution in [0.2, 0.25) is 10.0 Å². The summed E-state index contributed by atoms with van der Waals surface area (Å²) in [5.41, 5.74) is 0.297. The number of halogens is 5. The lowest BCUT2D eigenvalue weighted by Crippen LogP contribution is -2.48. The molecule has 1 aromatic rings. The van der Waals surface area contributed by atoms with Gasteiger partial charge in [0.25, 0.3) is 0 Å². The summed E-state index contributed by atoms with van der Waals surface area (Å²) in [6, 6.07) is 3.15. The SMILES string of the molecule is O=C(Nc1ccc(Cl)c(Cl)c1)C1CCCN1C(=O)C(F)(F)F. The van der Waals surface area contributed by atoms with Crippen molar-refractivity contribution in [2.75, 3.05) is 11.9 Å². The monoisotopic (exact) mass is 354 g/mol. The summed E-state index contributed by atoms with van der Waals surface area (Å²) in [7, 11) is 0. The van der Waals surface area contributed by atoms with Gasteiger partial charge in [-0.25, -0.2) is 0 Å². The van der Waals surface area contributed by atoms with Crippen LogP contribution in [-0.2, 0) is 9.59 Å². The van der Waals surface area contributed by atoms with Crippen molar-refractivity contribution in [1.82, 2.24) is 4.90 Å². The molecule has 120 valence electrons. The number of likely N-dealkylation sites (tertiary alicyclic amines) is 1. The van der Waals surface area contributed by atoms with E-state index in [2.05, 4.69) is 5.32 Å². The minimum absolute atomic E-state index is 0.0994. The average molecular weight is 355 g/mol. The van der Waals surface area contributed by atoms with Gasteiger partial charge >= 0.3 is 12.1 Å². The molecule has 0 bridgehead atoms. The van der Waals surface area contributed by atoms with Gasteiger partial charge < -0.3 is 10.2 Å². The number of carbonyl (C=O) groups excluding carboxylic acids is 2. The molecule has 0 aliphatic carbocycles. The van der Waals surface area contributed by atoms with Gasteiger partial charge in [-0.3, -0.25) is 9.59 Å². The smallest absolute Gasteiger partial charge is 0.324 e. The van der Waals surface area contributed by atoms with Crippen molar-refractivity contribution in [3.63, 3.8) is 0 Å². The maximum Gasteiger partial charge on any atom is 0.471 e. The van der Waals surface area contributed by atoms with E-state index in [4.69, 9.17) is 23.2 Å². The van der Waals surface area contributed by atoms with Gasteiger partial charge in [-0.15, -0.1) is 0 Å². The average Bonchev–Trinajstić information content (AvgIpc) is 2.90. The zero-order valence-electron chi connectivity index (χ0n) is 11.1. The Morgan fingerprint density at radius 1 is 1.23 bits per heavy atom. The molecule has 0 radical (unpaired) electrons. The molecule has 2 amide bonds. The zero-order chi connectivity index (χ0) is 16.5. The summed E-state index contributed by atoms with van der Waals surface area (Å²) in [5, 5.41) is 2.93. The quantitative estimate of drug-likeness (QED) is 0.883. The van der Waals surface area contributed by atoms with Gasteiger partial charge in [0.05, 0.1) is 10.0 Å². The lowest BCUT2D eigenvalue weighted by molar-refractivity contribution is -0.186. The number of alkyl halides is 3. The maximum absolute atomic E-state index is 12.5. The van der Waals surface area contributed by atoms with Gasteiger partial charge in [0.15, 0.2) is 0 Å². The number of hydrogen-bond acceptors (Lipinski definition) is 2. The summed E-state index contributed by atoms with van der Waals surface area (Å²) in [5.74, 6) is -2.69. The molecule has 2 rings (SSSR count). The number of amides is 2. The maximum atomic E-state index is 12.5. The highest BCUT2D eigenvalue weighted by Gasteiger charge is 2.47. The highest BCUT2D eigenvalue weighted by atomic mass is 35.5. The van der Waals surface area contributed by atoms with Gasteiger partial charge in [-0.1, -0.05) is 23.2 Å². The zero-order valence-corrected chi connectivity index (χ0v) is 12.6. The van der Waals surface area contributed by atoms with Crippen molar-refractivity contribution in [2.45, 2.75) is 25.1 Å². The third-order valence-electron chi connectivity index (χ3n) is 3.25. The lowest BCUT2D eigenvalue weighted by Gasteiger charge is -2.24. The Hall–Kier alpha value is -1.47. The van der Waals surface area contributed by atoms with Gasteiger partial charge in [0, 0.05) is 12.2 Å². The van der Waals surface area contributed by atoms with Crippen LogP contribution in [0.15, 0.2) is 18.2 Å². The van der Waals surface area contributed by atoms with E-state index in [9.17, 15) is 22.8 Å². The van der Waals surface area contributed by atoms with Crippen LogP contribution in [0, 0.1) is 0 Å². The molecular weight excluding hydrogens is 344 g/mol. The number of anilines is 1. The number of carbonyl (C=O) groups is 2. The fourth-order valence-corrected chi connectivity index (χ4v) is 2.54. The van der Waals surface area contributed by atoms with Gasteiger partial charge in [0.1, 0.15) is 6.04 Å². The minimum Gasteiger partial charge on any atom is -0.324 e. The van der Waals surface area contributed by atoms with E-state index in [0.717, 1.165) is 0 Å². The second-order valence-corrected chi connectivity index (χ2v) is 5.59. The minimum atomic E-state index is -4.99. The number of rotatable bonds is 2. The van der Waals surface area contributed by atoms with Crippen molar-refractivity contribution >= 4 is 40.7 Å². The molecule has 1 N–H and O–H groups in total. The molecule has 9 heteroatoms. The summed E-state index contributed by atoms with van der Waals surface area (Å²) in [6.45, 7) is -0.0994. The van der Waals surface area contributed by atoms with Crippen LogP contribution in [0.25, 0.3) is 0 Å². The summed E-state index contributed by atoms with van der Waals surface area (Å²) in [4.78, 5) is 24.0. The molecule has 1 atom stereocenters. The van der Waals surface area contributed by atoms with E-state index in [1.807, 2.05) is 0 Å².